The molecule has 1 fully saturated rings. The molecule has 0 atom stereocenters. The lowest BCUT2D eigenvalue weighted by atomic mass is 9.99. The number of rotatable bonds is 2. The van der Waals surface area contributed by atoms with Gasteiger partial charge in [-0.05, 0) is 31.8 Å². The first-order chi connectivity index (χ1) is 7.34. The van der Waals surface area contributed by atoms with Gasteiger partial charge in [0.1, 0.15) is 0 Å². The maximum atomic E-state index is 4.09. The molecule has 3 heteroatoms. The molecule has 1 aliphatic heterocycles. The highest BCUT2D eigenvalue weighted by Crippen LogP contribution is 2.18. The zero-order valence-electron chi connectivity index (χ0n) is 10.1. The van der Waals surface area contributed by atoms with E-state index in [-0.39, 0.29) is 0 Å². The number of likely N-dealkylation sites (tertiary alicyclic amines) is 1. The van der Waals surface area contributed by atoms with Gasteiger partial charge in [-0.2, -0.15) is 0 Å². The highest BCUT2D eigenvalue weighted by molar-refractivity contribution is 7.09. The van der Waals surface area contributed by atoms with Crippen molar-refractivity contribution in [3.8, 4) is 0 Å². The van der Waals surface area contributed by atoms with Gasteiger partial charge in [-0.1, -0.05) is 20.8 Å². The highest BCUT2D eigenvalue weighted by Gasteiger charge is 2.15. The highest BCUT2D eigenvalue weighted by atomic mass is 32.1. The molecule has 86 valence electrons. The molecule has 0 unspecified atom stereocenters. The van der Waals surface area contributed by atoms with Crippen molar-refractivity contribution in [3.05, 3.63) is 16.6 Å². The Morgan fingerprint density at radius 3 is 2.60 bits per heavy atom. The fraction of sp³-hybridized carbons (Fsp3) is 0.750. The van der Waals surface area contributed by atoms with E-state index in [1.165, 1.54) is 30.8 Å². The minimum Gasteiger partial charge on any atom is -0.298 e. The van der Waals surface area contributed by atoms with Crippen LogP contribution in [0, 0.1) is 5.92 Å². The van der Waals surface area contributed by atoms with Gasteiger partial charge in [0.15, 0.2) is 0 Å². The summed E-state index contributed by atoms with van der Waals surface area (Å²) in [6, 6.07) is 0. The van der Waals surface area contributed by atoms with Crippen molar-refractivity contribution in [2.75, 3.05) is 13.1 Å². The smallest absolute Gasteiger partial charge is 0.0794 e. The first kappa shape index (κ1) is 12.7. The summed E-state index contributed by atoms with van der Waals surface area (Å²) < 4.78 is 0. The molecule has 2 heterocycles. The molecule has 2 nitrogen and oxygen atoms in total. The molecule has 0 radical (unpaired) electrons. The standard InChI is InChI=1S/C10H16N2S.C2H6/c1-9-2-4-12(5-3-9)7-10-6-11-8-13-10;1-2/h6,8-9H,2-5,7H2,1H3;1-2H3. The Hall–Kier alpha value is -0.410. The molecule has 0 aliphatic carbocycles. The van der Waals surface area contributed by atoms with Crippen LogP contribution in [-0.4, -0.2) is 23.0 Å². The van der Waals surface area contributed by atoms with Crippen LogP contribution in [0.25, 0.3) is 0 Å². The third-order valence-corrected chi connectivity index (χ3v) is 3.50. The number of hydrogen-bond donors (Lipinski definition) is 0. The van der Waals surface area contributed by atoms with E-state index in [2.05, 4.69) is 16.8 Å². The van der Waals surface area contributed by atoms with Crippen molar-refractivity contribution in [2.24, 2.45) is 5.92 Å². The molecular weight excluding hydrogens is 204 g/mol. The summed E-state index contributed by atoms with van der Waals surface area (Å²) in [6.07, 6.45) is 4.71. The van der Waals surface area contributed by atoms with Crippen molar-refractivity contribution in [3.63, 3.8) is 0 Å². The van der Waals surface area contributed by atoms with E-state index in [0.29, 0.717) is 0 Å². The van der Waals surface area contributed by atoms with Crippen LogP contribution < -0.4 is 0 Å². The van der Waals surface area contributed by atoms with E-state index >= 15 is 0 Å². The molecule has 0 N–H and O–H groups in total. The fourth-order valence-electron chi connectivity index (χ4n) is 1.76. The molecule has 0 aromatic carbocycles. The molecule has 0 bridgehead atoms. The van der Waals surface area contributed by atoms with Gasteiger partial charge in [-0.15, -0.1) is 11.3 Å². The molecule has 0 saturated carbocycles. The van der Waals surface area contributed by atoms with Crippen LogP contribution in [0.3, 0.4) is 0 Å². The Labute approximate surface area is 97.3 Å². The van der Waals surface area contributed by atoms with Gasteiger partial charge in [0, 0.05) is 17.6 Å². The zero-order valence-corrected chi connectivity index (χ0v) is 10.9. The normalized spacial score (nSPS) is 18.3. The predicted molar refractivity (Wildman–Crippen MR) is 67.1 cm³/mol. The summed E-state index contributed by atoms with van der Waals surface area (Å²) in [5.41, 5.74) is 1.92. The van der Waals surface area contributed by atoms with Crippen molar-refractivity contribution in [1.29, 1.82) is 0 Å². The van der Waals surface area contributed by atoms with Gasteiger partial charge in [-0.3, -0.25) is 9.88 Å². The molecule has 1 aromatic rings. The van der Waals surface area contributed by atoms with Gasteiger partial charge in [0.25, 0.3) is 0 Å². The van der Waals surface area contributed by atoms with E-state index in [9.17, 15) is 0 Å². The van der Waals surface area contributed by atoms with Gasteiger partial charge in [0.05, 0.1) is 5.51 Å². The second kappa shape index (κ2) is 6.96. The predicted octanol–water partition coefficient (Wildman–Crippen LogP) is 3.40. The number of thiazole rings is 1. The summed E-state index contributed by atoms with van der Waals surface area (Å²) in [5, 5.41) is 0. The molecule has 0 spiro atoms. The minimum atomic E-state index is 0.928. The summed E-state index contributed by atoms with van der Waals surface area (Å²) in [6.45, 7) is 9.99. The van der Waals surface area contributed by atoms with Crippen LogP contribution in [0.15, 0.2) is 11.7 Å². The second-order valence-electron chi connectivity index (χ2n) is 3.93. The fourth-order valence-corrected chi connectivity index (χ4v) is 2.40. The van der Waals surface area contributed by atoms with Crippen molar-refractivity contribution >= 4 is 11.3 Å². The van der Waals surface area contributed by atoms with Crippen molar-refractivity contribution < 1.29 is 0 Å². The molecule has 1 aliphatic rings. The molecule has 2 rings (SSSR count). The van der Waals surface area contributed by atoms with E-state index < -0.39 is 0 Å². The molecular formula is C12H22N2S. The summed E-state index contributed by atoms with van der Waals surface area (Å²) >= 11 is 1.76. The first-order valence-electron chi connectivity index (χ1n) is 5.94. The lowest BCUT2D eigenvalue weighted by Gasteiger charge is -2.29. The molecule has 15 heavy (non-hydrogen) atoms. The zero-order chi connectivity index (χ0) is 11.1. The number of nitrogens with zero attached hydrogens (tertiary/aromatic N) is 2. The number of hydrogen-bond acceptors (Lipinski definition) is 3. The molecule has 0 amide bonds. The lowest BCUT2D eigenvalue weighted by molar-refractivity contribution is 0.186. The second-order valence-corrected chi connectivity index (χ2v) is 4.90. The third-order valence-electron chi connectivity index (χ3n) is 2.74. The van der Waals surface area contributed by atoms with E-state index in [4.69, 9.17) is 0 Å². The summed E-state index contributed by atoms with van der Waals surface area (Å²) in [5.74, 6) is 0.928. The van der Waals surface area contributed by atoms with Crippen molar-refractivity contribution in [2.45, 2.75) is 40.2 Å². The van der Waals surface area contributed by atoms with Crippen LogP contribution in [0.1, 0.15) is 38.5 Å². The molecule has 1 aromatic heterocycles. The van der Waals surface area contributed by atoms with E-state index in [1.54, 1.807) is 11.3 Å². The maximum Gasteiger partial charge on any atom is 0.0794 e. The quantitative estimate of drug-likeness (QED) is 0.768. The summed E-state index contributed by atoms with van der Waals surface area (Å²) in [7, 11) is 0. The Balaban J connectivity index is 0.000000531. The average Bonchev–Trinajstić information content (AvgIpc) is 2.77. The monoisotopic (exact) mass is 226 g/mol. The first-order valence-corrected chi connectivity index (χ1v) is 6.82. The van der Waals surface area contributed by atoms with Gasteiger partial charge in [-0.25, -0.2) is 0 Å². The van der Waals surface area contributed by atoms with Gasteiger partial charge < -0.3 is 0 Å². The topological polar surface area (TPSA) is 16.1 Å². The van der Waals surface area contributed by atoms with Crippen LogP contribution in [0.2, 0.25) is 0 Å². The Bertz CT molecular complexity index is 238. The van der Waals surface area contributed by atoms with Gasteiger partial charge in [0.2, 0.25) is 0 Å². The van der Waals surface area contributed by atoms with Crippen LogP contribution in [0.4, 0.5) is 0 Å². The SMILES string of the molecule is CC.CC1CCN(Cc2cncs2)CC1. The van der Waals surface area contributed by atoms with Gasteiger partial charge >= 0.3 is 0 Å². The van der Waals surface area contributed by atoms with Crippen molar-refractivity contribution in [1.82, 2.24) is 9.88 Å². The third kappa shape index (κ3) is 4.31. The Morgan fingerprint density at radius 2 is 2.07 bits per heavy atom. The van der Waals surface area contributed by atoms with E-state index in [0.717, 1.165) is 12.5 Å². The maximum absolute atomic E-state index is 4.09. The largest absolute Gasteiger partial charge is 0.298 e. The van der Waals surface area contributed by atoms with Crippen LogP contribution in [-0.2, 0) is 6.54 Å². The number of aromatic nitrogens is 1. The van der Waals surface area contributed by atoms with Crippen LogP contribution in [0.5, 0.6) is 0 Å². The Kier molecular flexibility index (Phi) is 5.88. The molecule has 1 saturated heterocycles. The van der Waals surface area contributed by atoms with E-state index in [1.807, 2.05) is 25.6 Å². The minimum absolute atomic E-state index is 0.928. The average molecular weight is 226 g/mol. The Morgan fingerprint density at radius 1 is 1.40 bits per heavy atom. The summed E-state index contributed by atoms with van der Waals surface area (Å²) in [4.78, 5) is 8.03. The number of piperidine rings is 1. The van der Waals surface area contributed by atoms with Crippen LogP contribution >= 0.6 is 11.3 Å². The lowest BCUT2D eigenvalue weighted by Crippen LogP contribution is -2.32.